The maximum Gasteiger partial charge on any atom is 0.264 e. The molecular weight excluding hydrogens is 334 g/mol. The first-order valence-corrected chi connectivity index (χ1v) is 10.2. The quantitative estimate of drug-likeness (QED) is 0.806. The molecule has 0 saturated heterocycles. The van der Waals surface area contributed by atoms with Crippen LogP contribution >= 0.6 is 0 Å². The third-order valence-corrected chi connectivity index (χ3v) is 6.17. The van der Waals surface area contributed by atoms with Crippen LogP contribution in [0, 0.1) is 5.92 Å². The number of fused-ring (bicyclic) bond motifs is 1. The van der Waals surface area contributed by atoms with E-state index in [9.17, 15) is 9.00 Å². The Balaban J connectivity index is 2.29. The highest BCUT2D eigenvalue weighted by molar-refractivity contribution is 7.81. The zero-order valence-electron chi connectivity index (χ0n) is 16.0. The van der Waals surface area contributed by atoms with Crippen molar-refractivity contribution in [2.75, 3.05) is 32.6 Å². The van der Waals surface area contributed by atoms with Crippen molar-refractivity contribution in [1.29, 1.82) is 0 Å². The molecule has 0 radical (unpaired) electrons. The maximum absolute atomic E-state index is 12.4. The van der Waals surface area contributed by atoms with Gasteiger partial charge in [0.2, 0.25) is 0 Å². The fourth-order valence-electron chi connectivity index (χ4n) is 3.72. The van der Waals surface area contributed by atoms with E-state index in [-0.39, 0.29) is 5.91 Å². The molecule has 0 bridgehead atoms. The molecule has 0 spiro atoms. The minimum atomic E-state index is -1.51. The molecule has 1 heterocycles. The molecule has 25 heavy (non-hydrogen) atoms. The summed E-state index contributed by atoms with van der Waals surface area (Å²) in [4.78, 5) is 14.6. The van der Waals surface area contributed by atoms with Crippen molar-refractivity contribution >= 4 is 22.8 Å². The normalized spacial score (nSPS) is 19.4. The van der Waals surface area contributed by atoms with Crippen LogP contribution in [0.2, 0.25) is 0 Å². The number of benzene rings is 1. The smallest absolute Gasteiger partial charge is 0.264 e. The number of hydrogen-bond acceptors (Lipinski definition) is 3. The number of carbonyl (C=O) groups excluding carboxylic acids is 1. The molecular formula is C19H31N3O2S. The van der Waals surface area contributed by atoms with Crippen molar-refractivity contribution in [3.8, 4) is 0 Å². The van der Waals surface area contributed by atoms with Gasteiger partial charge >= 0.3 is 0 Å². The van der Waals surface area contributed by atoms with Crippen LogP contribution in [0.4, 0.5) is 5.69 Å². The zero-order valence-corrected chi connectivity index (χ0v) is 16.9. The van der Waals surface area contributed by atoms with E-state index in [1.807, 2.05) is 12.1 Å². The van der Waals surface area contributed by atoms with Crippen LogP contribution in [-0.2, 0) is 11.2 Å². The maximum atomic E-state index is 12.4. The lowest BCUT2D eigenvalue weighted by Crippen LogP contribution is -2.34. The van der Waals surface area contributed by atoms with Gasteiger partial charge in [-0.1, -0.05) is 39.2 Å². The molecule has 0 saturated carbocycles. The summed E-state index contributed by atoms with van der Waals surface area (Å²) in [6, 6.07) is 5.91. The number of nitrogens with one attached hydrogen (secondary N) is 1. The summed E-state index contributed by atoms with van der Waals surface area (Å²) in [7, 11) is 5.41. The highest BCUT2D eigenvalue weighted by atomic mass is 32.2. The second-order valence-corrected chi connectivity index (χ2v) is 8.47. The van der Waals surface area contributed by atoms with E-state index in [1.165, 1.54) is 29.1 Å². The Morgan fingerprint density at radius 1 is 1.40 bits per heavy atom. The number of nitrogens with zero attached hydrogens (tertiary/aromatic N) is 2. The average Bonchev–Trinajstić information content (AvgIpc) is 2.60. The van der Waals surface area contributed by atoms with Crippen LogP contribution < -0.4 is 9.62 Å². The van der Waals surface area contributed by atoms with Crippen LogP contribution in [0.5, 0.6) is 0 Å². The lowest BCUT2D eigenvalue weighted by atomic mass is 9.77. The van der Waals surface area contributed by atoms with Gasteiger partial charge in [0, 0.05) is 38.9 Å². The monoisotopic (exact) mass is 365 g/mol. The Morgan fingerprint density at radius 3 is 2.72 bits per heavy atom. The van der Waals surface area contributed by atoms with Crippen molar-refractivity contribution in [2.24, 2.45) is 5.92 Å². The standard InChI is InChI=1S/C19H31N3O2S/c1-6-8-14(7-2)16-11-12-22(5)18-13-15(9-10-17(16)18)19(23)20-25(24)21(3)4/h9-10,13-14,16H,6-8,11-12H2,1-5H3,(H,20,23). The van der Waals surface area contributed by atoms with Crippen molar-refractivity contribution in [3.63, 3.8) is 0 Å². The van der Waals surface area contributed by atoms with Gasteiger partial charge < -0.3 is 4.90 Å². The summed E-state index contributed by atoms with van der Waals surface area (Å²) in [5.41, 5.74) is 3.04. The largest absolute Gasteiger partial charge is 0.374 e. The summed E-state index contributed by atoms with van der Waals surface area (Å²) in [5, 5.41) is 0. The van der Waals surface area contributed by atoms with Gasteiger partial charge in [-0.15, -0.1) is 0 Å². The van der Waals surface area contributed by atoms with Crippen molar-refractivity contribution in [2.45, 2.75) is 45.4 Å². The molecule has 0 aliphatic carbocycles. The van der Waals surface area contributed by atoms with Crippen LogP contribution in [0.25, 0.3) is 0 Å². The second-order valence-electron chi connectivity index (χ2n) is 7.04. The predicted octanol–water partition coefficient (Wildman–Crippen LogP) is 3.31. The van der Waals surface area contributed by atoms with Gasteiger partial charge in [-0.25, -0.2) is 8.51 Å². The third kappa shape index (κ3) is 4.61. The van der Waals surface area contributed by atoms with Crippen molar-refractivity contribution in [1.82, 2.24) is 9.03 Å². The number of amides is 1. The van der Waals surface area contributed by atoms with Gasteiger partial charge in [0.25, 0.3) is 5.91 Å². The first-order valence-electron chi connectivity index (χ1n) is 9.14. The molecule has 6 heteroatoms. The van der Waals surface area contributed by atoms with Crippen LogP contribution in [0.1, 0.15) is 61.4 Å². The highest BCUT2D eigenvalue weighted by Crippen LogP contribution is 2.42. The first kappa shape index (κ1) is 19.9. The molecule has 3 unspecified atom stereocenters. The van der Waals surface area contributed by atoms with E-state index >= 15 is 0 Å². The molecule has 1 aromatic carbocycles. The van der Waals surface area contributed by atoms with Crippen LogP contribution in [0.3, 0.4) is 0 Å². The number of carbonyl (C=O) groups is 1. The summed E-state index contributed by atoms with van der Waals surface area (Å²) in [5.74, 6) is 0.952. The molecule has 140 valence electrons. The Bertz CT molecular complexity index is 633. The van der Waals surface area contributed by atoms with E-state index in [4.69, 9.17) is 0 Å². The molecule has 3 atom stereocenters. The average molecular weight is 366 g/mol. The Morgan fingerprint density at radius 2 is 2.12 bits per heavy atom. The summed E-state index contributed by atoms with van der Waals surface area (Å²) in [6.07, 6.45) is 4.80. The molecule has 0 fully saturated rings. The lowest BCUT2D eigenvalue weighted by Gasteiger charge is -2.37. The third-order valence-electron chi connectivity index (χ3n) is 5.14. The first-order chi connectivity index (χ1) is 11.9. The lowest BCUT2D eigenvalue weighted by molar-refractivity contribution is 0.0981. The highest BCUT2D eigenvalue weighted by Gasteiger charge is 2.29. The minimum absolute atomic E-state index is 0.300. The van der Waals surface area contributed by atoms with Gasteiger partial charge in [-0.05, 0) is 36.0 Å². The molecule has 1 aliphatic rings. The fourth-order valence-corrected chi connectivity index (χ4v) is 4.18. The van der Waals surface area contributed by atoms with E-state index in [0.29, 0.717) is 17.4 Å². The topological polar surface area (TPSA) is 52.7 Å². The molecule has 1 N–H and O–H groups in total. The zero-order chi connectivity index (χ0) is 18.6. The SMILES string of the molecule is CCCC(CC)C1CCN(C)c2cc(C(=O)NS(=O)N(C)C)ccc21. The van der Waals surface area contributed by atoms with E-state index < -0.39 is 11.2 Å². The number of hydrogen-bond donors (Lipinski definition) is 1. The Labute approximate surface area is 154 Å². The minimum Gasteiger partial charge on any atom is -0.374 e. The van der Waals surface area contributed by atoms with Gasteiger partial charge in [0.1, 0.15) is 0 Å². The van der Waals surface area contributed by atoms with Gasteiger partial charge in [-0.2, -0.15) is 0 Å². The predicted molar refractivity (Wildman–Crippen MR) is 105 cm³/mol. The summed E-state index contributed by atoms with van der Waals surface area (Å²) in [6.45, 7) is 5.53. The molecule has 1 aromatic rings. The number of anilines is 1. The van der Waals surface area contributed by atoms with Gasteiger partial charge in [-0.3, -0.25) is 9.52 Å². The summed E-state index contributed by atoms with van der Waals surface area (Å²) >= 11 is -1.51. The Kier molecular flexibility index (Phi) is 7.02. The van der Waals surface area contributed by atoms with Crippen molar-refractivity contribution in [3.05, 3.63) is 29.3 Å². The fraction of sp³-hybridized carbons (Fsp3) is 0.632. The molecule has 2 rings (SSSR count). The molecule has 0 aromatic heterocycles. The molecule has 1 aliphatic heterocycles. The van der Waals surface area contributed by atoms with Gasteiger partial charge in [0.05, 0.1) is 0 Å². The van der Waals surface area contributed by atoms with Gasteiger partial charge in [0.15, 0.2) is 11.2 Å². The number of rotatable bonds is 7. The molecule has 1 amide bonds. The van der Waals surface area contributed by atoms with E-state index in [2.05, 4.69) is 36.6 Å². The second kappa shape index (κ2) is 8.81. The Hall–Kier alpha value is -1.40. The van der Waals surface area contributed by atoms with E-state index in [1.54, 1.807) is 14.1 Å². The van der Waals surface area contributed by atoms with Crippen LogP contribution in [0.15, 0.2) is 18.2 Å². The molecule has 5 nitrogen and oxygen atoms in total. The van der Waals surface area contributed by atoms with Crippen molar-refractivity contribution < 1.29 is 9.00 Å². The summed E-state index contributed by atoms with van der Waals surface area (Å²) < 4.78 is 15.8. The van der Waals surface area contributed by atoms with Crippen LogP contribution in [-0.4, -0.2) is 42.1 Å². The van der Waals surface area contributed by atoms with E-state index in [0.717, 1.165) is 18.7 Å².